The van der Waals surface area contributed by atoms with Gasteiger partial charge < -0.3 is 14.6 Å². The van der Waals surface area contributed by atoms with Gasteiger partial charge in [0.05, 0.1) is 23.6 Å². The monoisotopic (exact) mass is 323 g/mol. The summed E-state index contributed by atoms with van der Waals surface area (Å²) in [7, 11) is 0. The van der Waals surface area contributed by atoms with Crippen LogP contribution in [0.15, 0.2) is 5.16 Å². The number of imidazole rings is 1. The van der Waals surface area contributed by atoms with Crippen molar-refractivity contribution in [2.75, 3.05) is 6.61 Å². The van der Waals surface area contributed by atoms with E-state index in [0.717, 1.165) is 49.7 Å². The molecule has 1 aliphatic carbocycles. The van der Waals surface area contributed by atoms with Crippen molar-refractivity contribution in [1.82, 2.24) is 14.9 Å². The highest BCUT2D eigenvalue weighted by molar-refractivity contribution is 8.00. The highest BCUT2D eigenvalue weighted by atomic mass is 32.2. The van der Waals surface area contributed by atoms with Crippen molar-refractivity contribution in [3.63, 3.8) is 0 Å². The Morgan fingerprint density at radius 3 is 2.86 bits per heavy atom. The molecular weight excluding hydrogens is 298 g/mol. The number of nitrogens with one attached hydrogen (secondary N) is 1. The minimum absolute atomic E-state index is 0.120. The van der Waals surface area contributed by atoms with Crippen LogP contribution in [-0.2, 0) is 16.1 Å². The van der Waals surface area contributed by atoms with Crippen molar-refractivity contribution in [1.29, 1.82) is 0 Å². The first-order valence-corrected chi connectivity index (χ1v) is 9.05. The molecule has 2 atom stereocenters. The molecule has 1 aromatic heterocycles. The Morgan fingerprint density at radius 1 is 1.45 bits per heavy atom. The summed E-state index contributed by atoms with van der Waals surface area (Å²) in [4.78, 5) is 16.8. The first-order valence-electron chi connectivity index (χ1n) is 8.17. The lowest BCUT2D eigenvalue weighted by Gasteiger charge is -2.16. The number of nitrogens with zero attached hydrogens (tertiary/aromatic N) is 2. The van der Waals surface area contributed by atoms with Gasteiger partial charge in [-0.25, -0.2) is 4.98 Å². The molecular formula is C16H25N3O2S. The third-order valence-corrected chi connectivity index (χ3v) is 5.50. The summed E-state index contributed by atoms with van der Waals surface area (Å²) in [5.41, 5.74) is 2.21. The SMILES string of the molecule is Cc1nc(SC(C)C(=O)NC2CC2)n(CC2CCCO2)c1C. The Morgan fingerprint density at radius 2 is 2.23 bits per heavy atom. The molecule has 2 unspecified atom stereocenters. The van der Waals surface area contributed by atoms with E-state index in [1.54, 1.807) is 11.8 Å². The average Bonchev–Trinajstić information content (AvgIpc) is 3.07. The maximum atomic E-state index is 12.2. The van der Waals surface area contributed by atoms with E-state index in [1.807, 2.05) is 13.8 Å². The van der Waals surface area contributed by atoms with Crippen LogP contribution in [0.3, 0.4) is 0 Å². The number of aryl methyl sites for hydroxylation is 1. The molecule has 1 saturated carbocycles. The lowest BCUT2D eigenvalue weighted by Crippen LogP contribution is -2.32. The summed E-state index contributed by atoms with van der Waals surface area (Å²) in [5, 5.41) is 3.88. The average molecular weight is 323 g/mol. The molecule has 6 heteroatoms. The molecule has 2 heterocycles. The van der Waals surface area contributed by atoms with Gasteiger partial charge in [0.1, 0.15) is 0 Å². The number of carbonyl (C=O) groups is 1. The maximum Gasteiger partial charge on any atom is 0.233 e. The number of rotatable bonds is 6. The minimum Gasteiger partial charge on any atom is -0.376 e. The molecule has 122 valence electrons. The van der Waals surface area contributed by atoms with Gasteiger partial charge in [-0.15, -0.1) is 0 Å². The van der Waals surface area contributed by atoms with Gasteiger partial charge in [0, 0.05) is 18.3 Å². The fourth-order valence-corrected chi connectivity index (χ4v) is 3.70. The van der Waals surface area contributed by atoms with E-state index in [9.17, 15) is 4.79 Å². The summed E-state index contributed by atoms with van der Waals surface area (Å²) in [6.07, 6.45) is 4.77. The second kappa shape index (κ2) is 6.62. The number of hydrogen-bond donors (Lipinski definition) is 1. The van der Waals surface area contributed by atoms with Crippen molar-refractivity contribution < 1.29 is 9.53 Å². The topological polar surface area (TPSA) is 56.2 Å². The van der Waals surface area contributed by atoms with Crippen LogP contribution in [0, 0.1) is 13.8 Å². The van der Waals surface area contributed by atoms with Gasteiger partial charge in [-0.3, -0.25) is 4.79 Å². The zero-order chi connectivity index (χ0) is 15.7. The summed E-state index contributed by atoms with van der Waals surface area (Å²) in [6.45, 7) is 7.78. The van der Waals surface area contributed by atoms with Crippen molar-refractivity contribution in [2.24, 2.45) is 0 Å². The predicted octanol–water partition coefficient (Wildman–Crippen LogP) is 2.44. The Kier molecular flexibility index (Phi) is 4.78. The number of amides is 1. The molecule has 1 aromatic rings. The fourth-order valence-electron chi connectivity index (χ4n) is 2.68. The fraction of sp³-hybridized carbons (Fsp3) is 0.750. The summed E-state index contributed by atoms with van der Waals surface area (Å²) >= 11 is 1.55. The number of ether oxygens (including phenoxy) is 1. The van der Waals surface area contributed by atoms with Gasteiger partial charge in [0.15, 0.2) is 5.16 Å². The molecule has 0 bridgehead atoms. The van der Waals surface area contributed by atoms with Crippen molar-refractivity contribution >= 4 is 17.7 Å². The minimum atomic E-state index is -0.120. The Balaban J connectivity index is 1.68. The molecule has 1 aliphatic heterocycles. The molecule has 1 saturated heterocycles. The lowest BCUT2D eigenvalue weighted by molar-refractivity contribution is -0.120. The molecule has 1 amide bonds. The van der Waals surface area contributed by atoms with E-state index in [2.05, 4.69) is 21.8 Å². The Hall–Kier alpha value is -1.01. The van der Waals surface area contributed by atoms with Crippen LogP contribution in [0.1, 0.15) is 44.0 Å². The third kappa shape index (κ3) is 3.66. The van der Waals surface area contributed by atoms with Gasteiger partial charge >= 0.3 is 0 Å². The number of carbonyl (C=O) groups excluding carboxylic acids is 1. The van der Waals surface area contributed by atoms with E-state index in [0.29, 0.717) is 6.04 Å². The Labute approximate surface area is 136 Å². The highest BCUT2D eigenvalue weighted by Crippen LogP contribution is 2.28. The summed E-state index contributed by atoms with van der Waals surface area (Å²) < 4.78 is 7.97. The van der Waals surface area contributed by atoms with Crippen molar-refractivity contribution in [2.45, 2.75) is 75.6 Å². The largest absolute Gasteiger partial charge is 0.376 e. The molecule has 2 fully saturated rings. The van der Waals surface area contributed by atoms with Gasteiger partial charge in [-0.2, -0.15) is 0 Å². The molecule has 0 aromatic carbocycles. The van der Waals surface area contributed by atoms with Crippen molar-refractivity contribution in [3.05, 3.63) is 11.4 Å². The smallest absolute Gasteiger partial charge is 0.233 e. The second-order valence-electron chi connectivity index (χ2n) is 6.35. The third-order valence-electron chi connectivity index (χ3n) is 4.41. The molecule has 2 aliphatic rings. The second-order valence-corrected chi connectivity index (χ2v) is 7.66. The van der Waals surface area contributed by atoms with E-state index in [1.165, 1.54) is 5.69 Å². The molecule has 0 spiro atoms. The van der Waals surface area contributed by atoms with Gasteiger partial charge in [0.2, 0.25) is 5.91 Å². The van der Waals surface area contributed by atoms with Crippen LogP contribution >= 0.6 is 11.8 Å². The van der Waals surface area contributed by atoms with Gasteiger partial charge in [-0.05, 0) is 46.5 Å². The number of thioether (sulfide) groups is 1. The first-order chi connectivity index (χ1) is 10.5. The lowest BCUT2D eigenvalue weighted by atomic mass is 10.2. The van der Waals surface area contributed by atoms with Crippen LogP contribution in [-0.4, -0.2) is 39.5 Å². The first kappa shape index (κ1) is 15.9. The van der Waals surface area contributed by atoms with Crippen molar-refractivity contribution in [3.8, 4) is 0 Å². The molecule has 3 rings (SSSR count). The van der Waals surface area contributed by atoms with E-state index < -0.39 is 0 Å². The van der Waals surface area contributed by atoms with E-state index >= 15 is 0 Å². The quantitative estimate of drug-likeness (QED) is 0.817. The Bertz CT molecular complexity index is 548. The van der Waals surface area contributed by atoms with Crippen LogP contribution in [0.2, 0.25) is 0 Å². The normalized spacial score (nSPS) is 22.8. The van der Waals surface area contributed by atoms with Gasteiger partial charge in [0.25, 0.3) is 0 Å². The summed E-state index contributed by atoms with van der Waals surface area (Å²) in [6, 6.07) is 0.408. The van der Waals surface area contributed by atoms with E-state index in [4.69, 9.17) is 4.74 Å². The standard InChI is InChI=1S/C16H25N3O2S/c1-10-11(2)19(9-14-5-4-8-21-14)16(17-10)22-12(3)15(20)18-13-6-7-13/h12-14H,4-9H2,1-3H3,(H,18,20). The van der Waals surface area contributed by atoms with E-state index in [-0.39, 0.29) is 17.3 Å². The van der Waals surface area contributed by atoms with Gasteiger partial charge in [-0.1, -0.05) is 11.8 Å². The number of hydrogen-bond acceptors (Lipinski definition) is 4. The van der Waals surface area contributed by atoms with Crippen LogP contribution in [0.4, 0.5) is 0 Å². The highest BCUT2D eigenvalue weighted by Gasteiger charge is 2.27. The molecule has 5 nitrogen and oxygen atoms in total. The maximum absolute atomic E-state index is 12.2. The number of aromatic nitrogens is 2. The van der Waals surface area contributed by atoms with Crippen LogP contribution < -0.4 is 5.32 Å². The van der Waals surface area contributed by atoms with Crippen LogP contribution in [0.25, 0.3) is 0 Å². The van der Waals surface area contributed by atoms with Crippen LogP contribution in [0.5, 0.6) is 0 Å². The zero-order valence-electron chi connectivity index (χ0n) is 13.6. The molecule has 1 N–H and O–H groups in total. The molecule has 0 radical (unpaired) electrons. The summed E-state index contributed by atoms with van der Waals surface area (Å²) in [5.74, 6) is 0.120. The zero-order valence-corrected chi connectivity index (χ0v) is 14.4. The molecule has 22 heavy (non-hydrogen) atoms. The predicted molar refractivity (Wildman–Crippen MR) is 87.2 cm³/mol.